The molecule has 0 aliphatic rings. The van der Waals surface area contributed by atoms with E-state index in [-0.39, 0.29) is 12.5 Å². The molecule has 4 nitrogen and oxygen atoms in total. The molecular formula is C63H123NO3. The lowest BCUT2D eigenvalue weighted by atomic mass is 10.0. The summed E-state index contributed by atoms with van der Waals surface area (Å²) in [4.78, 5) is 12.5. The van der Waals surface area contributed by atoms with Gasteiger partial charge in [-0.15, -0.1) is 0 Å². The van der Waals surface area contributed by atoms with E-state index < -0.39 is 12.1 Å². The van der Waals surface area contributed by atoms with Crippen LogP contribution in [-0.4, -0.2) is 34.9 Å². The maximum Gasteiger partial charge on any atom is 0.220 e. The Labute approximate surface area is 421 Å². The Balaban J connectivity index is 3.46. The number of aliphatic hydroxyl groups excluding tert-OH is 2. The summed E-state index contributed by atoms with van der Waals surface area (Å²) in [7, 11) is 0. The van der Waals surface area contributed by atoms with Crippen LogP contribution in [0.5, 0.6) is 0 Å². The predicted octanol–water partition coefficient (Wildman–Crippen LogP) is 20.7. The highest BCUT2D eigenvalue weighted by Crippen LogP contribution is 2.18. The minimum Gasteiger partial charge on any atom is -0.394 e. The molecule has 2 unspecified atom stereocenters. The lowest BCUT2D eigenvalue weighted by Gasteiger charge is -2.19. The van der Waals surface area contributed by atoms with E-state index >= 15 is 0 Å². The van der Waals surface area contributed by atoms with Gasteiger partial charge in [0.2, 0.25) is 5.91 Å². The number of hydrogen-bond acceptors (Lipinski definition) is 3. The number of unbranched alkanes of at least 4 members (excludes halogenated alkanes) is 49. The molecule has 0 radical (unpaired) electrons. The van der Waals surface area contributed by atoms with Gasteiger partial charge in [-0.1, -0.05) is 340 Å². The molecule has 4 heteroatoms. The van der Waals surface area contributed by atoms with Crippen molar-refractivity contribution >= 4 is 5.91 Å². The van der Waals surface area contributed by atoms with Crippen LogP contribution in [0.25, 0.3) is 0 Å². The van der Waals surface area contributed by atoms with Crippen LogP contribution >= 0.6 is 0 Å². The van der Waals surface area contributed by atoms with Gasteiger partial charge in [0.25, 0.3) is 0 Å². The second kappa shape index (κ2) is 59.2. The standard InChI is InChI=1S/C63H123NO3/c1-3-5-7-9-11-13-15-17-19-21-23-25-27-28-29-30-31-32-33-34-35-37-38-40-42-44-46-48-50-52-54-56-58-62(66)61(60-65)64-63(67)59-57-55-53-51-49-47-45-43-41-39-36-26-24-22-20-18-16-14-12-10-8-6-4-2/h48,50,56,58,61-62,65-66H,3-47,49,51-55,57,59-60H2,1-2H3,(H,64,67)/b50-48+,58-56+. The third kappa shape index (κ3) is 55.7. The van der Waals surface area contributed by atoms with Crippen molar-refractivity contribution in [2.24, 2.45) is 0 Å². The SMILES string of the molecule is CCCCCCCCCCCCCCCCCCCCCCCCCCCC/C=C/CC/C=C/C(O)C(CO)NC(=O)CCCCCCCCCCCCCCCCCCCCCCCCC. The van der Waals surface area contributed by atoms with E-state index in [1.165, 1.54) is 302 Å². The van der Waals surface area contributed by atoms with E-state index in [1.807, 2.05) is 6.08 Å². The van der Waals surface area contributed by atoms with Crippen molar-refractivity contribution < 1.29 is 15.0 Å². The molecule has 0 aromatic heterocycles. The second-order valence-electron chi connectivity index (χ2n) is 21.5. The first-order valence-corrected chi connectivity index (χ1v) is 31.1. The van der Waals surface area contributed by atoms with Crippen LogP contribution in [0, 0.1) is 0 Å². The Morgan fingerprint density at radius 2 is 0.582 bits per heavy atom. The number of amides is 1. The Morgan fingerprint density at radius 1 is 0.343 bits per heavy atom. The second-order valence-corrected chi connectivity index (χ2v) is 21.5. The Hall–Kier alpha value is -1.13. The van der Waals surface area contributed by atoms with Gasteiger partial charge in [0.1, 0.15) is 0 Å². The Kier molecular flexibility index (Phi) is 58.2. The van der Waals surface area contributed by atoms with Gasteiger partial charge in [-0.3, -0.25) is 4.79 Å². The zero-order chi connectivity index (χ0) is 48.5. The van der Waals surface area contributed by atoms with Crippen molar-refractivity contribution in [2.75, 3.05) is 6.61 Å². The molecule has 0 aliphatic heterocycles. The first-order chi connectivity index (χ1) is 33.2. The van der Waals surface area contributed by atoms with Gasteiger partial charge in [-0.25, -0.2) is 0 Å². The maximum atomic E-state index is 12.5. The molecule has 0 aliphatic carbocycles. The molecule has 0 heterocycles. The lowest BCUT2D eigenvalue weighted by Crippen LogP contribution is -2.45. The summed E-state index contributed by atoms with van der Waals surface area (Å²) < 4.78 is 0. The molecular weight excluding hydrogens is 819 g/mol. The molecule has 0 rings (SSSR count). The molecule has 0 spiro atoms. The van der Waals surface area contributed by atoms with Gasteiger partial charge < -0.3 is 15.5 Å². The fourth-order valence-electron chi connectivity index (χ4n) is 9.97. The summed E-state index contributed by atoms with van der Waals surface area (Å²) in [6.45, 7) is 4.35. The Morgan fingerprint density at radius 3 is 0.866 bits per heavy atom. The highest BCUT2D eigenvalue weighted by molar-refractivity contribution is 5.76. The van der Waals surface area contributed by atoms with Crippen LogP contribution in [0.2, 0.25) is 0 Å². The number of aliphatic hydroxyl groups is 2. The molecule has 0 bridgehead atoms. The van der Waals surface area contributed by atoms with Crippen LogP contribution in [0.1, 0.15) is 354 Å². The van der Waals surface area contributed by atoms with Gasteiger partial charge >= 0.3 is 0 Å². The number of nitrogens with one attached hydrogen (secondary N) is 1. The highest BCUT2D eigenvalue weighted by Gasteiger charge is 2.18. The van der Waals surface area contributed by atoms with Gasteiger partial charge in [-0.05, 0) is 32.1 Å². The molecule has 1 amide bonds. The fraction of sp³-hybridized carbons (Fsp3) is 0.921. The topological polar surface area (TPSA) is 69.6 Å². The Bertz CT molecular complexity index is 978. The van der Waals surface area contributed by atoms with E-state index in [2.05, 4.69) is 31.3 Å². The van der Waals surface area contributed by atoms with Crippen LogP contribution in [-0.2, 0) is 4.79 Å². The average Bonchev–Trinajstić information content (AvgIpc) is 3.33. The van der Waals surface area contributed by atoms with Crippen molar-refractivity contribution in [3.8, 4) is 0 Å². The number of hydrogen-bond donors (Lipinski definition) is 3. The summed E-state index contributed by atoms with van der Waals surface area (Å²) in [6.07, 6.45) is 79.5. The minimum atomic E-state index is -0.860. The number of carbonyl (C=O) groups is 1. The van der Waals surface area contributed by atoms with Gasteiger partial charge in [0.05, 0.1) is 18.8 Å². The summed E-state index contributed by atoms with van der Waals surface area (Å²) in [6, 6.07) is -0.637. The number of rotatable bonds is 58. The van der Waals surface area contributed by atoms with Crippen LogP contribution in [0.3, 0.4) is 0 Å². The van der Waals surface area contributed by atoms with E-state index in [4.69, 9.17) is 0 Å². The number of carbonyl (C=O) groups excluding carboxylic acids is 1. The fourth-order valence-corrected chi connectivity index (χ4v) is 9.97. The molecule has 67 heavy (non-hydrogen) atoms. The summed E-state index contributed by atoms with van der Waals surface area (Å²) in [5.74, 6) is -0.0658. The van der Waals surface area contributed by atoms with Crippen LogP contribution in [0.15, 0.2) is 24.3 Å². The van der Waals surface area contributed by atoms with E-state index in [0.717, 1.165) is 32.1 Å². The summed E-state index contributed by atoms with van der Waals surface area (Å²) in [5, 5.41) is 23.2. The van der Waals surface area contributed by atoms with Crippen molar-refractivity contribution in [2.45, 2.75) is 366 Å². The lowest BCUT2D eigenvalue weighted by molar-refractivity contribution is -0.123. The summed E-state index contributed by atoms with van der Waals surface area (Å²) >= 11 is 0. The van der Waals surface area contributed by atoms with Crippen molar-refractivity contribution in [3.63, 3.8) is 0 Å². The molecule has 398 valence electrons. The van der Waals surface area contributed by atoms with Crippen LogP contribution in [0.4, 0.5) is 0 Å². The minimum absolute atomic E-state index is 0.0658. The molecule has 0 saturated heterocycles. The monoisotopic (exact) mass is 942 g/mol. The summed E-state index contributed by atoms with van der Waals surface area (Å²) in [5.41, 5.74) is 0. The predicted molar refractivity (Wildman–Crippen MR) is 299 cm³/mol. The molecule has 0 aromatic carbocycles. The zero-order valence-corrected chi connectivity index (χ0v) is 46.0. The third-order valence-electron chi connectivity index (χ3n) is 14.7. The number of allylic oxidation sites excluding steroid dienone is 3. The van der Waals surface area contributed by atoms with Gasteiger partial charge in [-0.2, -0.15) is 0 Å². The smallest absolute Gasteiger partial charge is 0.220 e. The molecule has 2 atom stereocenters. The normalized spacial score (nSPS) is 12.8. The molecule has 0 fully saturated rings. The average molecular weight is 943 g/mol. The van der Waals surface area contributed by atoms with Crippen LogP contribution < -0.4 is 5.32 Å². The van der Waals surface area contributed by atoms with E-state index in [0.29, 0.717) is 6.42 Å². The molecule has 0 saturated carbocycles. The molecule has 3 N–H and O–H groups in total. The van der Waals surface area contributed by atoms with Crippen molar-refractivity contribution in [1.82, 2.24) is 5.32 Å². The van der Waals surface area contributed by atoms with Crippen molar-refractivity contribution in [3.05, 3.63) is 24.3 Å². The van der Waals surface area contributed by atoms with Gasteiger partial charge in [0, 0.05) is 6.42 Å². The highest BCUT2D eigenvalue weighted by atomic mass is 16.3. The third-order valence-corrected chi connectivity index (χ3v) is 14.7. The first kappa shape index (κ1) is 65.9. The molecule has 0 aromatic rings. The zero-order valence-electron chi connectivity index (χ0n) is 46.0. The van der Waals surface area contributed by atoms with E-state index in [9.17, 15) is 15.0 Å². The first-order valence-electron chi connectivity index (χ1n) is 31.1. The van der Waals surface area contributed by atoms with E-state index in [1.54, 1.807) is 6.08 Å². The van der Waals surface area contributed by atoms with Crippen molar-refractivity contribution in [1.29, 1.82) is 0 Å². The maximum absolute atomic E-state index is 12.5. The largest absolute Gasteiger partial charge is 0.394 e. The quantitative estimate of drug-likeness (QED) is 0.0420. The van der Waals surface area contributed by atoms with Gasteiger partial charge in [0.15, 0.2) is 0 Å².